The lowest BCUT2D eigenvalue weighted by Gasteiger charge is -2.14. The quantitative estimate of drug-likeness (QED) is 0.351. The predicted molar refractivity (Wildman–Crippen MR) is 134 cm³/mol. The molecule has 10 nitrogen and oxygen atoms in total. The normalized spacial score (nSPS) is 10.7. The lowest BCUT2D eigenvalue weighted by Crippen LogP contribution is -2.24. The number of aryl methyl sites for hydroxylation is 2. The highest BCUT2D eigenvalue weighted by Gasteiger charge is 2.15. The summed E-state index contributed by atoms with van der Waals surface area (Å²) in [5.41, 5.74) is 2.70. The maximum Gasteiger partial charge on any atom is 0.409 e. The third-order valence-corrected chi connectivity index (χ3v) is 5.52. The fourth-order valence-corrected chi connectivity index (χ4v) is 3.83. The number of amides is 1. The molecule has 35 heavy (non-hydrogen) atoms. The zero-order valence-corrected chi connectivity index (χ0v) is 19.5. The van der Waals surface area contributed by atoms with E-state index in [1.54, 1.807) is 74.5 Å². The smallest absolute Gasteiger partial charge is 0.409 e. The third kappa shape index (κ3) is 5.16. The number of hydrogen-bond donors (Lipinski definition) is 3. The second-order valence-electron chi connectivity index (χ2n) is 7.72. The number of rotatable bonds is 8. The van der Waals surface area contributed by atoms with E-state index < -0.39 is 6.09 Å². The first kappa shape index (κ1) is 23.6. The van der Waals surface area contributed by atoms with Crippen molar-refractivity contribution in [1.29, 1.82) is 0 Å². The average Bonchev–Trinajstić information content (AvgIpc) is 2.87. The van der Waals surface area contributed by atoms with E-state index >= 15 is 0 Å². The van der Waals surface area contributed by atoms with Crippen LogP contribution in [0.1, 0.15) is 5.56 Å². The molecule has 0 unspecified atom stereocenters. The number of anilines is 2. The molecule has 180 valence electrons. The number of nitrogens with one attached hydrogen (secondary N) is 2. The van der Waals surface area contributed by atoms with Gasteiger partial charge in [0.05, 0.1) is 14.2 Å². The van der Waals surface area contributed by atoms with E-state index in [1.807, 2.05) is 6.07 Å². The van der Waals surface area contributed by atoms with Crippen LogP contribution in [0.2, 0.25) is 0 Å². The third-order valence-electron chi connectivity index (χ3n) is 5.52. The van der Waals surface area contributed by atoms with Crippen LogP contribution in [0.15, 0.2) is 59.5 Å². The van der Waals surface area contributed by atoms with Crippen molar-refractivity contribution in [3.05, 3.63) is 70.6 Å². The molecule has 0 aliphatic carbocycles. The maximum absolute atomic E-state index is 13.7. The predicted octanol–water partition coefficient (Wildman–Crippen LogP) is 3.85. The van der Waals surface area contributed by atoms with Crippen LogP contribution in [0.5, 0.6) is 11.5 Å². The van der Waals surface area contributed by atoms with E-state index in [4.69, 9.17) is 14.6 Å². The summed E-state index contributed by atoms with van der Waals surface area (Å²) < 4.78 is 12.4. The number of methoxy groups -OCH3 is 2. The molecule has 2 aromatic carbocycles. The molecule has 0 aliphatic rings. The van der Waals surface area contributed by atoms with Crippen molar-refractivity contribution in [2.45, 2.75) is 13.0 Å². The van der Waals surface area contributed by atoms with Crippen LogP contribution in [0.3, 0.4) is 0 Å². The Hall–Kier alpha value is -4.60. The van der Waals surface area contributed by atoms with Crippen molar-refractivity contribution in [2.75, 3.05) is 31.9 Å². The van der Waals surface area contributed by atoms with E-state index in [0.29, 0.717) is 58.3 Å². The molecule has 1 amide bonds. The van der Waals surface area contributed by atoms with E-state index in [0.717, 1.165) is 5.56 Å². The minimum Gasteiger partial charge on any atom is -0.497 e. The Morgan fingerprint density at radius 2 is 1.83 bits per heavy atom. The summed E-state index contributed by atoms with van der Waals surface area (Å²) in [6.07, 6.45) is 1.01. The Labute approximate surface area is 201 Å². The second-order valence-corrected chi connectivity index (χ2v) is 7.72. The van der Waals surface area contributed by atoms with Crippen molar-refractivity contribution in [2.24, 2.45) is 0 Å². The molecule has 0 bridgehead atoms. The number of carboxylic acid groups (broad SMARTS) is 1. The number of hydrogen-bond acceptors (Lipinski definition) is 7. The van der Waals surface area contributed by atoms with E-state index in [9.17, 15) is 9.59 Å². The van der Waals surface area contributed by atoms with Gasteiger partial charge in [-0.2, -0.15) is 4.98 Å². The number of pyridine rings is 1. The molecule has 0 saturated heterocycles. The van der Waals surface area contributed by atoms with Gasteiger partial charge in [0.15, 0.2) is 0 Å². The number of ether oxygens (including phenoxy) is 2. The van der Waals surface area contributed by atoms with Gasteiger partial charge in [-0.05, 0) is 47.9 Å². The molecule has 0 atom stereocenters. The fraction of sp³-hybridized carbons (Fsp3) is 0.200. The van der Waals surface area contributed by atoms with Crippen molar-refractivity contribution < 1.29 is 19.4 Å². The molecule has 4 aromatic rings. The van der Waals surface area contributed by atoms with Gasteiger partial charge >= 0.3 is 6.09 Å². The summed E-state index contributed by atoms with van der Waals surface area (Å²) in [5, 5.41) is 14.9. The number of aromatic nitrogens is 3. The molecule has 0 saturated carbocycles. The van der Waals surface area contributed by atoms with Crippen LogP contribution in [0, 0.1) is 0 Å². The minimum atomic E-state index is -1.14. The summed E-state index contributed by atoms with van der Waals surface area (Å²) in [6.45, 7) is 0.320. The van der Waals surface area contributed by atoms with Crippen LogP contribution in [-0.2, 0) is 13.0 Å². The van der Waals surface area contributed by atoms with Gasteiger partial charge in [0.2, 0.25) is 5.95 Å². The summed E-state index contributed by atoms with van der Waals surface area (Å²) in [4.78, 5) is 33.5. The van der Waals surface area contributed by atoms with Crippen LogP contribution in [-0.4, -0.2) is 47.0 Å². The lowest BCUT2D eigenvalue weighted by atomic mass is 10.0. The van der Waals surface area contributed by atoms with E-state index in [-0.39, 0.29) is 5.56 Å². The van der Waals surface area contributed by atoms with Gasteiger partial charge in [-0.25, -0.2) is 9.78 Å². The number of carbonyl (C=O) groups is 1. The average molecular weight is 476 g/mol. The molecule has 0 spiro atoms. The molecular weight excluding hydrogens is 450 g/mol. The SMILES string of the molecule is CNc1ncc2cc(-c3cc(OC)cc(OC)c3)c(=O)n(CCc3cccc(NC(=O)O)c3)c2n1. The summed E-state index contributed by atoms with van der Waals surface area (Å²) in [5.74, 6) is 1.53. The van der Waals surface area contributed by atoms with Gasteiger partial charge in [-0.1, -0.05) is 12.1 Å². The Kier molecular flexibility index (Phi) is 6.81. The first-order valence-electron chi connectivity index (χ1n) is 10.8. The Balaban J connectivity index is 1.82. The van der Waals surface area contributed by atoms with Gasteiger partial charge in [0.1, 0.15) is 17.1 Å². The van der Waals surface area contributed by atoms with Crippen LogP contribution in [0.25, 0.3) is 22.2 Å². The Morgan fingerprint density at radius 3 is 2.49 bits per heavy atom. The topological polar surface area (TPSA) is 128 Å². The fourth-order valence-electron chi connectivity index (χ4n) is 3.83. The van der Waals surface area contributed by atoms with Crippen molar-refractivity contribution in [1.82, 2.24) is 14.5 Å². The molecule has 0 radical (unpaired) electrons. The molecular formula is C25H25N5O5. The molecule has 10 heteroatoms. The molecule has 0 aliphatic heterocycles. The van der Waals surface area contributed by atoms with Gasteiger partial charge in [0.25, 0.3) is 5.56 Å². The summed E-state index contributed by atoms with van der Waals surface area (Å²) >= 11 is 0. The van der Waals surface area contributed by atoms with Gasteiger partial charge in [0, 0.05) is 42.5 Å². The van der Waals surface area contributed by atoms with Crippen LogP contribution >= 0.6 is 0 Å². The lowest BCUT2D eigenvalue weighted by molar-refractivity contribution is 0.209. The summed E-state index contributed by atoms with van der Waals surface area (Å²) in [7, 11) is 4.82. The minimum absolute atomic E-state index is 0.228. The number of benzene rings is 2. The molecule has 2 aromatic heterocycles. The highest BCUT2D eigenvalue weighted by atomic mass is 16.5. The van der Waals surface area contributed by atoms with Crippen molar-refractivity contribution >= 4 is 28.8 Å². The highest BCUT2D eigenvalue weighted by Crippen LogP contribution is 2.29. The zero-order valence-electron chi connectivity index (χ0n) is 19.5. The maximum atomic E-state index is 13.7. The summed E-state index contributed by atoms with van der Waals surface area (Å²) in [6, 6.07) is 14.1. The molecule has 4 rings (SSSR count). The van der Waals surface area contributed by atoms with Gasteiger partial charge in [-0.3, -0.25) is 14.7 Å². The van der Waals surface area contributed by atoms with E-state index in [2.05, 4.69) is 20.6 Å². The standard InChI is InChI=1S/C25H25N5O5/c1-26-24-27-14-17-12-21(16-10-19(34-2)13-20(11-16)35-3)23(31)30(22(17)29-24)8-7-15-5-4-6-18(9-15)28-25(32)33/h4-6,9-14,28H,7-8H2,1-3H3,(H,32,33)(H,26,27,29). The largest absolute Gasteiger partial charge is 0.497 e. The Morgan fingerprint density at radius 1 is 1.09 bits per heavy atom. The zero-order chi connectivity index (χ0) is 24.9. The van der Waals surface area contributed by atoms with Crippen molar-refractivity contribution in [3.63, 3.8) is 0 Å². The first-order valence-corrected chi connectivity index (χ1v) is 10.8. The molecule has 3 N–H and O–H groups in total. The molecule has 2 heterocycles. The highest BCUT2D eigenvalue weighted by molar-refractivity contribution is 5.83. The Bertz CT molecular complexity index is 1430. The van der Waals surface area contributed by atoms with Gasteiger partial charge < -0.3 is 19.9 Å². The van der Waals surface area contributed by atoms with Crippen LogP contribution < -0.4 is 25.7 Å². The van der Waals surface area contributed by atoms with Gasteiger partial charge in [-0.15, -0.1) is 0 Å². The second kappa shape index (κ2) is 10.1. The van der Waals surface area contributed by atoms with Crippen LogP contribution in [0.4, 0.5) is 16.4 Å². The van der Waals surface area contributed by atoms with Crippen molar-refractivity contribution in [3.8, 4) is 22.6 Å². The molecule has 0 fully saturated rings. The van der Waals surface area contributed by atoms with E-state index in [1.165, 1.54) is 0 Å². The first-order chi connectivity index (χ1) is 16.9. The number of fused-ring (bicyclic) bond motifs is 1. The number of nitrogens with zero attached hydrogens (tertiary/aromatic N) is 3. The monoisotopic (exact) mass is 475 g/mol.